The predicted molar refractivity (Wildman–Crippen MR) is 166 cm³/mol. The van der Waals surface area contributed by atoms with Crippen LogP contribution in [-0.4, -0.2) is 71.6 Å². The van der Waals surface area contributed by atoms with E-state index in [9.17, 15) is 13.2 Å². The molecule has 0 bridgehead atoms. The van der Waals surface area contributed by atoms with Gasteiger partial charge in [-0.05, 0) is 48.2 Å². The number of imidazole rings is 1. The highest BCUT2D eigenvalue weighted by molar-refractivity contribution is 7.89. The number of hydrogen-bond acceptors (Lipinski definition) is 10. The molecule has 0 aliphatic carbocycles. The van der Waals surface area contributed by atoms with Crippen LogP contribution in [0.1, 0.15) is 10.4 Å². The molecule has 43 heavy (non-hydrogen) atoms. The number of para-hydroxylation sites is 1. The van der Waals surface area contributed by atoms with Gasteiger partial charge in [0.15, 0.2) is 5.82 Å². The van der Waals surface area contributed by atoms with Gasteiger partial charge in [-0.25, -0.2) is 23.1 Å². The van der Waals surface area contributed by atoms with Crippen LogP contribution in [0.3, 0.4) is 0 Å². The van der Waals surface area contributed by atoms with E-state index in [0.29, 0.717) is 43.8 Å². The number of aromatic nitrogens is 4. The van der Waals surface area contributed by atoms with Crippen LogP contribution in [0.4, 0.5) is 23.4 Å². The Kier molecular flexibility index (Phi) is 8.08. The first-order valence-electron chi connectivity index (χ1n) is 13.6. The average molecular weight is 619 g/mol. The number of ether oxygens (including phenoxy) is 1. The van der Waals surface area contributed by atoms with E-state index < -0.39 is 10.0 Å². The van der Waals surface area contributed by atoms with Crippen LogP contribution >= 0.6 is 11.3 Å². The minimum absolute atomic E-state index is 0.177. The summed E-state index contributed by atoms with van der Waals surface area (Å²) < 4.78 is 34.9. The van der Waals surface area contributed by atoms with E-state index in [0.717, 1.165) is 21.5 Å². The number of carbonyl (C=O) groups is 1. The van der Waals surface area contributed by atoms with Gasteiger partial charge in [-0.15, -0.1) is 11.3 Å². The van der Waals surface area contributed by atoms with Crippen molar-refractivity contribution in [3.63, 3.8) is 0 Å². The first kappa shape index (κ1) is 28.7. The second-order valence-electron chi connectivity index (χ2n) is 9.93. The highest BCUT2D eigenvalue weighted by Crippen LogP contribution is 2.27. The molecule has 222 valence electrons. The number of fused-ring (bicyclic) bond motifs is 1. The molecule has 3 aromatic heterocycles. The molecule has 0 saturated carbocycles. The van der Waals surface area contributed by atoms with Crippen LogP contribution in [0.25, 0.3) is 11.0 Å². The zero-order chi connectivity index (χ0) is 30.0. The number of sulfonamides is 1. The van der Waals surface area contributed by atoms with Gasteiger partial charge in [0.05, 0.1) is 35.6 Å². The summed E-state index contributed by atoms with van der Waals surface area (Å²) in [4.78, 5) is 27.9. The Morgan fingerprint density at radius 2 is 1.88 bits per heavy atom. The monoisotopic (exact) mass is 618 g/mol. The van der Waals surface area contributed by atoms with E-state index in [2.05, 4.69) is 20.6 Å². The molecule has 1 saturated heterocycles. The van der Waals surface area contributed by atoms with Crippen LogP contribution in [-0.2, 0) is 26.0 Å². The van der Waals surface area contributed by atoms with Gasteiger partial charge >= 0.3 is 0 Å². The third kappa shape index (κ3) is 6.08. The maximum Gasteiger partial charge on any atom is 0.243 e. The average Bonchev–Trinajstić information content (AvgIpc) is 3.66. The second kappa shape index (κ2) is 12.1. The summed E-state index contributed by atoms with van der Waals surface area (Å²) in [5.41, 5.74) is 3.05. The van der Waals surface area contributed by atoms with Crippen molar-refractivity contribution in [3.8, 4) is 0 Å². The summed E-state index contributed by atoms with van der Waals surface area (Å²) in [5.74, 6) is 0.975. The molecule has 0 unspecified atom stereocenters. The maximum atomic E-state index is 13.2. The van der Waals surface area contributed by atoms with Crippen molar-refractivity contribution in [1.82, 2.24) is 23.9 Å². The number of nitrogens with zero attached hydrogens (tertiary/aromatic N) is 6. The van der Waals surface area contributed by atoms with Gasteiger partial charge in [0, 0.05) is 43.0 Å². The topological polar surface area (TPSA) is 135 Å². The van der Waals surface area contributed by atoms with E-state index in [-0.39, 0.29) is 23.2 Å². The number of hydrogen-bond donors (Lipinski definition) is 2. The fraction of sp³-hybridized carbons (Fsp3) is 0.241. The third-order valence-corrected chi connectivity index (χ3v) is 9.77. The van der Waals surface area contributed by atoms with E-state index in [4.69, 9.17) is 9.72 Å². The molecule has 0 atom stereocenters. The number of aryl methyl sites for hydroxylation is 1. The van der Waals surface area contributed by atoms with Crippen LogP contribution in [0.5, 0.6) is 0 Å². The van der Waals surface area contributed by atoms with Gasteiger partial charge in [-0.1, -0.05) is 24.3 Å². The molecular formula is C29H30N8O4S2. The number of thiophene rings is 1. The molecule has 1 aliphatic rings. The van der Waals surface area contributed by atoms with Gasteiger partial charge in [-0.3, -0.25) is 15.1 Å². The van der Waals surface area contributed by atoms with E-state index >= 15 is 0 Å². The van der Waals surface area contributed by atoms with Crippen LogP contribution in [0.15, 0.2) is 77.1 Å². The smallest absolute Gasteiger partial charge is 0.243 e. The first-order valence-corrected chi connectivity index (χ1v) is 15.9. The highest BCUT2D eigenvalue weighted by Gasteiger charge is 2.26. The van der Waals surface area contributed by atoms with Crippen LogP contribution < -0.4 is 15.6 Å². The van der Waals surface area contributed by atoms with Gasteiger partial charge in [0.2, 0.25) is 27.8 Å². The minimum Gasteiger partial charge on any atom is -0.379 e. The number of rotatable bonds is 9. The van der Waals surface area contributed by atoms with E-state index in [1.807, 2.05) is 49.7 Å². The molecule has 1 fully saturated rings. The summed E-state index contributed by atoms with van der Waals surface area (Å²) >= 11 is 1.52. The quantitative estimate of drug-likeness (QED) is 0.251. The molecule has 4 heterocycles. The summed E-state index contributed by atoms with van der Waals surface area (Å²) in [6.07, 6.45) is 1.85. The molecule has 2 N–H and O–H groups in total. The summed E-state index contributed by atoms with van der Waals surface area (Å²) in [6.45, 7) is 3.35. The number of morpholine rings is 1. The summed E-state index contributed by atoms with van der Waals surface area (Å²) in [5, 5.41) is 9.81. The Balaban J connectivity index is 1.27. The van der Waals surface area contributed by atoms with Crippen LogP contribution in [0.2, 0.25) is 0 Å². The lowest BCUT2D eigenvalue weighted by Gasteiger charge is -2.26. The SMILES string of the molecule is Cc1cccc2c1nc(NC(=O)Cc1cccs1)n2N(C)c1ccnc(Nc2cccc(S(=O)(=O)N3CCOCC3)c2)n1. The Hall–Kier alpha value is -4.37. The number of benzene rings is 2. The van der Waals surface area contributed by atoms with Gasteiger partial charge < -0.3 is 10.1 Å². The minimum atomic E-state index is -3.66. The summed E-state index contributed by atoms with van der Waals surface area (Å²) in [6, 6.07) is 18.0. The van der Waals surface area contributed by atoms with Crippen molar-refractivity contribution in [2.75, 3.05) is 49.0 Å². The molecule has 0 spiro atoms. The number of anilines is 4. The van der Waals surface area contributed by atoms with E-state index in [1.54, 1.807) is 46.2 Å². The number of carbonyl (C=O) groups excluding carboxylic acids is 1. The predicted octanol–water partition coefficient (Wildman–Crippen LogP) is 4.04. The fourth-order valence-electron chi connectivity index (χ4n) is 4.84. The second-order valence-corrected chi connectivity index (χ2v) is 12.9. The van der Waals surface area contributed by atoms with Crippen LogP contribution in [0, 0.1) is 6.92 Å². The Morgan fingerprint density at radius 3 is 2.67 bits per heavy atom. The lowest BCUT2D eigenvalue weighted by Crippen LogP contribution is -2.40. The van der Waals surface area contributed by atoms with Crippen molar-refractivity contribution in [2.24, 2.45) is 0 Å². The summed E-state index contributed by atoms with van der Waals surface area (Å²) in [7, 11) is -1.84. The van der Waals surface area contributed by atoms with Crippen molar-refractivity contribution >= 4 is 61.7 Å². The third-order valence-electron chi connectivity index (χ3n) is 7.00. The normalized spacial score (nSPS) is 14.1. The zero-order valence-corrected chi connectivity index (χ0v) is 25.2. The van der Waals surface area contributed by atoms with Gasteiger partial charge in [0.25, 0.3) is 0 Å². The Bertz CT molecular complexity index is 1870. The van der Waals surface area contributed by atoms with Crippen molar-refractivity contribution in [3.05, 3.63) is 82.7 Å². The van der Waals surface area contributed by atoms with Crippen molar-refractivity contribution in [2.45, 2.75) is 18.2 Å². The van der Waals surface area contributed by atoms with Gasteiger partial charge in [-0.2, -0.15) is 9.29 Å². The van der Waals surface area contributed by atoms with Crippen molar-refractivity contribution < 1.29 is 17.9 Å². The molecular weight excluding hydrogens is 589 g/mol. The molecule has 12 nitrogen and oxygen atoms in total. The number of amides is 1. The molecule has 14 heteroatoms. The molecule has 5 aromatic rings. The van der Waals surface area contributed by atoms with E-state index in [1.165, 1.54) is 15.6 Å². The fourth-order valence-corrected chi connectivity index (χ4v) is 7.00. The largest absolute Gasteiger partial charge is 0.379 e. The Morgan fingerprint density at radius 1 is 1.07 bits per heavy atom. The lowest BCUT2D eigenvalue weighted by atomic mass is 10.2. The zero-order valence-electron chi connectivity index (χ0n) is 23.6. The molecule has 1 amide bonds. The standard InChI is InChI=1S/C29H30N8O4S2/c1-20-6-3-10-24-27(20)34-29(33-26(38)19-22-8-5-17-42-22)37(24)35(2)25-11-12-30-28(32-25)31-21-7-4-9-23(18-21)43(39,40)36-13-15-41-16-14-36/h3-12,17-18H,13-16,19H2,1-2H3,(H,30,31,32)(H,33,34,38). The molecule has 1 aliphatic heterocycles. The number of nitrogens with one attached hydrogen (secondary N) is 2. The lowest BCUT2D eigenvalue weighted by molar-refractivity contribution is -0.115. The molecule has 6 rings (SSSR count). The first-order chi connectivity index (χ1) is 20.8. The maximum absolute atomic E-state index is 13.2. The highest BCUT2D eigenvalue weighted by atomic mass is 32.2. The van der Waals surface area contributed by atoms with Gasteiger partial charge in [0.1, 0.15) is 0 Å². The Labute approximate surface area is 253 Å². The molecule has 2 aromatic carbocycles. The van der Waals surface area contributed by atoms with Crippen molar-refractivity contribution in [1.29, 1.82) is 0 Å². The molecule has 0 radical (unpaired) electrons.